The van der Waals surface area contributed by atoms with Gasteiger partial charge in [0.15, 0.2) is 6.04 Å². The van der Waals surface area contributed by atoms with Crippen molar-refractivity contribution >= 4 is 12.1 Å². The number of ketones is 1. The normalized spacial score (nSPS) is 13.6. The zero-order valence-corrected chi connectivity index (χ0v) is 7.91. The predicted octanol–water partition coefficient (Wildman–Crippen LogP) is 0.405. The van der Waals surface area contributed by atoms with Gasteiger partial charge in [-0.2, -0.15) is 0 Å². The van der Waals surface area contributed by atoms with Crippen LogP contribution in [0, 0.1) is 0 Å². The second-order valence-corrected chi connectivity index (χ2v) is 3.64. The molecule has 68 valence electrons. The number of nitrogens with zero attached hydrogens (tertiary/aromatic N) is 1. The van der Waals surface area contributed by atoms with Gasteiger partial charge in [-0.3, -0.25) is 4.79 Å². The van der Waals surface area contributed by atoms with Gasteiger partial charge < -0.3 is 9.28 Å². The lowest BCUT2D eigenvalue weighted by Gasteiger charge is -2.31. The molecule has 0 saturated heterocycles. The Labute approximate surface area is 73.3 Å². The summed E-state index contributed by atoms with van der Waals surface area (Å²) in [6, 6.07) is -0.292. The van der Waals surface area contributed by atoms with Gasteiger partial charge in [-0.1, -0.05) is 6.58 Å². The highest BCUT2D eigenvalue weighted by molar-refractivity contribution is 5.94. The number of carbonyl (C=O) groups excluding carboxylic acids is 2. The molecule has 3 heteroatoms. The first-order valence-electron chi connectivity index (χ1n) is 3.84. The van der Waals surface area contributed by atoms with E-state index in [9.17, 15) is 9.59 Å². The van der Waals surface area contributed by atoms with Crippen LogP contribution in [0.5, 0.6) is 0 Å². The second-order valence-electron chi connectivity index (χ2n) is 3.64. The molecule has 0 bridgehead atoms. The van der Waals surface area contributed by atoms with Crippen LogP contribution in [0.3, 0.4) is 0 Å². The molecule has 0 radical (unpaired) electrons. The quantitative estimate of drug-likeness (QED) is 0.340. The first kappa shape index (κ1) is 11.0. The zero-order chi connectivity index (χ0) is 9.78. The third-order valence-corrected chi connectivity index (χ3v) is 1.78. The molecular weight excluding hydrogens is 154 g/mol. The summed E-state index contributed by atoms with van der Waals surface area (Å²) in [5.41, 5.74) is 0. The topological polar surface area (TPSA) is 34.1 Å². The fourth-order valence-electron chi connectivity index (χ4n) is 1.04. The molecule has 3 nitrogen and oxygen atoms in total. The fourth-order valence-corrected chi connectivity index (χ4v) is 1.04. The highest BCUT2D eigenvalue weighted by Gasteiger charge is 2.28. The van der Waals surface area contributed by atoms with Gasteiger partial charge in [0.2, 0.25) is 5.78 Å². The molecule has 1 atom stereocenters. The Kier molecular flexibility index (Phi) is 3.83. The molecule has 0 aliphatic rings. The van der Waals surface area contributed by atoms with E-state index >= 15 is 0 Å². The molecular formula is C9H16NO2+. The SMILES string of the molecule is C=CC(=O)C(CC=O)[N+](C)(C)C. The van der Waals surface area contributed by atoms with Gasteiger partial charge in [-0.25, -0.2) is 0 Å². The zero-order valence-electron chi connectivity index (χ0n) is 7.91. The first-order valence-corrected chi connectivity index (χ1v) is 3.84. The van der Waals surface area contributed by atoms with Gasteiger partial charge in [-0.15, -0.1) is 0 Å². The monoisotopic (exact) mass is 170 g/mol. The van der Waals surface area contributed by atoms with E-state index in [0.717, 1.165) is 6.29 Å². The van der Waals surface area contributed by atoms with Crippen LogP contribution in [0.15, 0.2) is 12.7 Å². The Morgan fingerprint density at radius 2 is 2.00 bits per heavy atom. The van der Waals surface area contributed by atoms with E-state index in [1.54, 1.807) is 0 Å². The van der Waals surface area contributed by atoms with E-state index in [-0.39, 0.29) is 18.2 Å². The van der Waals surface area contributed by atoms with E-state index in [0.29, 0.717) is 4.48 Å². The molecule has 12 heavy (non-hydrogen) atoms. The molecule has 0 fully saturated rings. The minimum absolute atomic E-state index is 0.0744. The van der Waals surface area contributed by atoms with Crippen molar-refractivity contribution in [1.29, 1.82) is 0 Å². The van der Waals surface area contributed by atoms with Gasteiger partial charge in [0, 0.05) is 0 Å². The molecule has 0 aromatic carbocycles. The summed E-state index contributed by atoms with van der Waals surface area (Å²) < 4.78 is 0.462. The molecule has 0 N–H and O–H groups in total. The Balaban J connectivity index is 4.53. The molecule has 0 amide bonds. The van der Waals surface area contributed by atoms with Crippen molar-refractivity contribution in [1.82, 2.24) is 0 Å². The van der Waals surface area contributed by atoms with E-state index in [1.807, 2.05) is 21.1 Å². The van der Waals surface area contributed by atoms with E-state index < -0.39 is 0 Å². The summed E-state index contributed by atoms with van der Waals surface area (Å²) in [6.45, 7) is 3.40. The number of hydrogen-bond acceptors (Lipinski definition) is 2. The van der Waals surface area contributed by atoms with Crippen molar-refractivity contribution in [2.75, 3.05) is 21.1 Å². The third-order valence-electron chi connectivity index (χ3n) is 1.78. The Hall–Kier alpha value is -0.960. The fraction of sp³-hybridized carbons (Fsp3) is 0.556. The number of aldehydes is 1. The molecule has 0 rings (SSSR count). The van der Waals surface area contributed by atoms with Crippen LogP contribution in [-0.4, -0.2) is 43.7 Å². The van der Waals surface area contributed by atoms with Crippen LogP contribution in [0.2, 0.25) is 0 Å². The average molecular weight is 170 g/mol. The van der Waals surface area contributed by atoms with Crippen molar-refractivity contribution in [3.63, 3.8) is 0 Å². The molecule has 1 unspecified atom stereocenters. The number of carbonyl (C=O) groups is 2. The van der Waals surface area contributed by atoms with Gasteiger partial charge in [-0.05, 0) is 6.08 Å². The first-order chi connectivity index (χ1) is 5.43. The van der Waals surface area contributed by atoms with Crippen LogP contribution < -0.4 is 0 Å². The lowest BCUT2D eigenvalue weighted by molar-refractivity contribution is -0.885. The average Bonchev–Trinajstić information content (AvgIpc) is 1.96. The minimum atomic E-state index is -0.292. The second kappa shape index (κ2) is 4.16. The number of likely N-dealkylation sites (N-methyl/N-ethyl adjacent to an activating group) is 1. The van der Waals surface area contributed by atoms with Crippen molar-refractivity contribution in [3.8, 4) is 0 Å². The molecule has 0 saturated carbocycles. The van der Waals surface area contributed by atoms with Gasteiger partial charge >= 0.3 is 0 Å². The highest BCUT2D eigenvalue weighted by Crippen LogP contribution is 2.07. The van der Waals surface area contributed by atoms with Gasteiger partial charge in [0.05, 0.1) is 27.6 Å². The number of rotatable bonds is 5. The maximum Gasteiger partial charge on any atom is 0.212 e. The standard InChI is InChI=1S/C9H16NO2/c1-5-9(12)8(6-7-11)10(2,3)4/h5,7-8H,1,6H2,2-4H3/q+1. The largest absolute Gasteiger partial charge is 0.322 e. The van der Waals surface area contributed by atoms with Crippen molar-refractivity contribution in [2.24, 2.45) is 0 Å². The summed E-state index contributed by atoms with van der Waals surface area (Å²) in [6.07, 6.45) is 2.31. The van der Waals surface area contributed by atoms with Crippen LogP contribution in [0.4, 0.5) is 0 Å². The minimum Gasteiger partial charge on any atom is -0.322 e. The third kappa shape index (κ3) is 2.96. The Morgan fingerprint density at radius 3 is 2.25 bits per heavy atom. The molecule has 0 spiro atoms. The maximum absolute atomic E-state index is 11.3. The highest BCUT2D eigenvalue weighted by atomic mass is 16.1. The van der Waals surface area contributed by atoms with Gasteiger partial charge in [0.1, 0.15) is 6.29 Å². The van der Waals surface area contributed by atoms with Crippen molar-refractivity contribution < 1.29 is 14.1 Å². The molecule has 0 aliphatic heterocycles. The summed E-state index contributed by atoms with van der Waals surface area (Å²) in [5, 5.41) is 0. The van der Waals surface area contributed by atoms with E-state index in [4.69, 9.17) is 0 Å². The van der Waals surface area contributed by atoms with Crippen LogP contribution in [0.1, 0.15) is 6.42 Å². The summed E-state index contributed by atoms with van der Waals surface area (Å²) in [7, 11) is 5.65. The molecule has 0 aromatic rings. The van der Waals surface area contributed by atoms with Crippen LogP contribution >= 0.6 is 0 Å². The number of quaternary nitrogens is 1. The number of hydrogen-bond donors (Lipinski definition) is 0. The Bertz CT molecular complexity index is 191. The summed E-state index contributed by atoms with van der Waals surface area (Å²) in [5.74, 6) is -0.0744. The maximum atomic E-state index is 11.3. The lowest BCUT2D eigenvalue weighted by atomic mass is 10.1. The van der Waals surface area contributed by atoms with Crippen molar-refractivity contribution in [2.45, 2.75) is 12.5 Å². The smallest absolute Gasteiger partial charge is 0.212 e. The predicted molar refractivity (Wildman–Crippen MR) is 47.7 cm³/mol. The van der Waals surface area contributed by atoms with E-state index in [2.05, 4.69) is 6.58 Å². The van der Waals surface area contributed by atoms with Crippen LogP contribution in [0.25, 0.3) is 0 Å². The molecule has 0 aliphatic carbocycles. The van der Waals surface area contributed by atoms with E-state index in [1.165, 1.54) is 6.08 Å². The lowest BCUT2D eigenvalue weighted by Crippen LogP contribution is -2.49. The summed E-state index contributed by atoms with van der Waals surface area (Å²) in [4.78, 5) is 21.5. The molecule has 0 heterocycles. The van der Waals surface area contributed by atoms with Crippen LogP contribution in [-0.2, 0) is 9.59 Å². The van der Waals surface area contributed by atoms with Gasteiger partial charge in [0.25, 0.3) is 0 Å². The summed E-state index contributed by atoms with van der Waals surface area (Å²) >= 11 is 0. The molecule has 0 aromatic heterocycles. The van der Waals surface area contributed by atoms with Crippen molar-refractivity contribution in [3.05, 3.63) is 12.7 Å². The Morgan fingerprint density at radius 1 is 1.50 bits per heavy atom.